The molecule has 1 fully saturated rings. The standard InChI is InChI=1S/C16H21NO4/c1-11-10-12(7-9-21-11)6-8-17-15(18)13-2-4-14(5-3-13)16(19)20/h2-5,11-12H,6-10H2,1H3,(H,17,18)(H,19,20). The molecule has 0 saturated carbocycles. The minimum Gasteiger partial charge on any atom is -0.478 e. The van der Waals surface area contributed by atoms with Gasteiger partial charge in [-0.15, -0.1) is 0 Å². The van der Waals surface area contributed by atoms with E-state index >= 15 is 0 Å². The Morgan fingerprint density at radius 3 is 2.57 bits per heavy atom. The van der Waals surface area contributed by atoms with Crippen LogP contribution in [0.25, 0.3) is 0 Å². The molecule has 21 heavy (non-hydrogen) atoms. The molecule has 5 heteroatoms. The molecule has 1 aromatic rings. The van der Waals surface area contributed by atoms with Crippen molar-refractivity contribution in [2.24, 2.45) is 5.92 Å². The van der Waals surface area contributed by atoms with Crippen molar-refractivity contribution in [1.82, 2.24) is 5.32 Å². The number of carbonyl (C=O) groups is 2. The first-order valence-corrected chi connectivity index (χ1v) is 7.29. The molecule has 0 radical (unpaired) electrons. The van der Waals surface area contributed by atoms with E-state index in [9.17, 15) is 9.59 Å². The Kier molecular flexibility index (Phi) is 5.33. The fourth-order valence-electron chi connectivity index (χ4n) is 2.61. The van der Waals surface area contributed by atoms with Gasteiger partial charge < -0.3 is 15.2 Å². The molecule has 1 aromatic carbocycles. The van der Waals surface area contributed by atoms with Gasteiger partial charge in [0.25, 0.3) is 5.91 Å². The van der Waals surface area contributed by atoms with E-state index in [1.165, 1.54) is 24.3 Å². The van der Waals surface area contributed by atoms with Gasteiger partial charge in [0.2, 0.25) is 0 Å². The fraction of sp³-hybridized carbons (Fsp3) is 0.500. The third-order valence-corrected chi connectivity index (χ3v) is 3.83. The van der Waals surface area contributed by atoms with Gasteiger partial charge in [-0.1, -0.05) is 0 Å². The van der Waals surface area contributed by atoms with E-state index in [1.54, 1.807) is 0 Å². The van der Waals surface area contributed by atoms with Gasteiger partial charge in [-0.25, -0.2) is 4.79 Å². The van der Waals surface area contributed by atoms with Crippen LogP contribution in [0.3, 0.4) is 0 Å². The summed E-state index contributed by atoms with van der Waals surface area (Å²) < 4.78 is 5.50. The monoisotopic (exact) mass is 291 g/mol. The van der Waals surface area contributed by atoms with Crippen molar-refractivity contribution in [3.8, 4) is 0 Å². The zero-order chi connectivity index (χ0) is 15.2. The van der Waals surface area contributed by atoms with Crippen molar-refractivity contribution in [3.63, 3.8) is 0 Å². The number of ether oxygens (including phenoxy) is 1. The maximum absolute atomic E-state index is 11.9. The summed E-state index contributed by atoms with van der Waals surface area (Å²) in [5, 5.41) is 11.7. The van der Waals surface area contributed by atoms with Crippen LogP contribution in [0.2, 0.25) is 0 Å². The lowest BCUT2D eigenvalue weighted by Gasteiger charge is -2.27. The third-order valence-electron chi connectivity index (χ3n) is 3.83. The molecular weight excluding hydrogens is 270 g/mol. The number of benzene rings is 1. The van der Waals surface area contributed by atoms with Crippen molar-refractivity contribution in [1.29, 1.82) is 0 Å². The predicted octanol–water partition coefficient (Wildman–Crippen LogP) is 2.32. The van der Waals surface area contributed by atoms with E-state index in [-0.39, 0.29) is 11.5 Å². The highest BCUT2D eigenvalue weighted by molar-refractivity contribution is 5.95. The van der Waals surface area contributed by atoms with Crippen molar-refractivity contribution in [3.05, 3.63) is 35.4 Å². The SMILES string of the molecule is CC1CC(CCNC(=O)c2ccc(C(=O)O)cc2)CCO1. The molecule has 0 aliphatic carbocycles. The van der Waals surface area contributed by atoms with E-state index in [0.29, 0.717) is 24.1 Å². The molecule has 1 amide bonds. The molecule has 1 saturated heterocycles. The Morgan fingerprint density at radius 2 is 1.95 bits per heavy atom. The molecule has 1 aliphatic rings. The highest BCUT2D eigenvalue weighted by Crippen LogP contribution is 2.22. The van der Waals surface area contributed by atoms with Crippen molar-refractivity contribution in [2.45, 2.75) is 32.3 Å². The maximum Gasteiger partial charge on any atom is 0.335 e. The number of hydrogen-bond donors (Lipinski definition) is 2. The number of nitrogens with one attached hydrogen (secondary N) is 1. The normalized spacial score (nSPS) is 21.8. The summed E-state index contributed by atoms with van der Waals surface area (Å²) in [5.74, 6) is -0.550. The lowest BCUT2D eigenvalue weighted by Crippen LogP contribution is -2.29. The molecule has 2 unspecified atom stereocenters. The Labute approximate surface area is 124 Å². The van der Waals surface area contributed by atoms with E-state index in [4.69, 9.17) is 9.84 Å². The van der Waals surface area contributed by atoms with Crippen LogP contribution in [-0.4, -0.2) is 36.2 Å². The Hall–Kier alpha value is -1.88. The molecule has 0 aromatic heterocycles. The minimum absolute atomic E-state index is 0.160. The van der Waals surface area contributed by atoms with E-state index < -0.39 is 5.97 Å². The molecule has 0 spiro atoms. The zero-order valence-corrected chi connectivity index (χ0v) is 12.2. The van der Waals surface area contributed by atoms with E-state index in [2.05, 4.69) is 12.2 Å². The van der Waals surface area contributed by atoms with Crippen molar-refractivity contribution < 1.29 is 19.4 Å². The Balaban J connectivity index is 1.77. The summed E-state index contributed by atoms with van der Waals surface area (Å²) in [6, 6.07) is 5.96. The summed E-state index contributed by atoms with van der Waals surface area (Å²) in [7, 11) is 0. The van der Waals surface area contributed by atoms with E-state index in [1.807, 2.05) is 0 Å². The summed E-state index contributed by atoms with van der Waals surface area (Å²) in [6.45, 7) is 3.52. The van der Waals surface area contributed by atoms with Gasteiger partial charge in [0.1, 0.15) is 0 Å². The second kappa shape index (κ2) is 7.22. The molecule has 1 heterocycles. The quantitative estimate of drug-likeness (QED) is 0.873. The number of carboxylic acid groups (broad SMARTS) is 1. The fourth-order valence-corrected chi connectivity index (χ4v) is 2.61. The summed E-state index contributed by atoms with van der Waals surface area (Å²) in [5.41, 5.74) is 0.670. The lowest BCUT2D eigenvalue weighted by atomic mass is 9.93. The maximum atomic E-state index is 11.9. The molecule has 2 N–H and O–H groups in total. The summed E-state index contributed by atoms with van der Waals surface area (Å²) in [4.78, 5) is 22.7. The van der Waals surface area contributed by atoms with Gasteiger partial charge in [-0.2, -0.15) is 0 Å². The first kappa shape index (κ1) is 15.5. The molecule has 1 aliphatic heterocycles. The first-order chi connectivity index (χ1) is 10.1. The number of hydrogen-bond acceptors (Lipinski definition) is 3. The van der Waals surface area contributed by atoms with Gasteiger partial charge in [-0.3, -0.25) is 4.79 Å². The molecule has 114 valence electrons. The largest absolute Gasteiger partial charge is 0.478 e. The van der Waals surface area contributed by atoms with Crippen LogP contribution in [0.4, 0.5) is 0 Å². The number of aromatic carboxylic acids is 1. The van der Waals surface area contributed by atoms with Crippen LogP contribution in [-0.2, 0) is 4.74 Å². The van der Waals surface area contributed by atoms with Crippen molar-refractivity contribution >= 4 is 11.9 Å². The molecule has 2 rings (SSSR count). The average Bonchev–Trinajstić information content (AvgIpc) is 2.47. The molecule has 5 nitrogen and oxygen atoms in total. The topological polar surface area (TPSA) is 75.6 Å². The minimum atomic E-state index is -0.990. The first-order valence-electron chi connectivity index (χ1n) is 7.29. The highest BCUT2D eigenvalue weighted by Gasteiger charge is 2.19. The Bertz CT molecular complexity index is 498. The van der Waals surface area contributed by atoms with Crippen LogP contribution in [0.15, 0.2) is 24.3 Å². The van der Waals surface area contributed by atoms with Crippen LogP contribution in [0.5, 0.6) is 0 Å². The van der Waals surface area contributed by atoms with Gasteiger partial charge in [0.15, 0.2) is 0 Å². The van der Waals surface area contributed by atoms with Gasteiger partial charge in [0.05, 0.1) is 11.7 Å². The Morgan fingerprint density at radius 1 is 1.29 bits per heavy atom. The molecule has 2 atom stereocenters. The van der Waals surface area contributed by atoms with E-state index in [0.717, 1.165) is 25.9 Å². The van der Waals surface area contributed by atoms with Crippen LogP contribution >= 0.6 is 0 Å². The van der Waals surface area contributed by atoms with Gasteiger partial charge in [0, 0.05) is 18.7 Å². The van der Waals surface area contributed by atoms with Crippen LogP contribution < -0.4 is 5.32 Å². The van der Waals surface area contributed by atoms with Gasteiger partial charge >= 0.3 is 5.97 Å². The predicted molar refractivity (Wildman–Crippen MR) is 78.5 cm³/mol. The van der Waals surface area contributed by atoms with Crippen molar-refractivity contribution in [2.75, 3.05) is 13.2 Å². The average molecular weight is 291 g/mol. The van der Waals surface area contributed by atoms with Crippen LogP contribution in [0, 0.1) is 5.92 Å². The zero-order valence-electron chi connectivity index (χ0n) is 12.2. The number of carbonyl (C=O) groups excluding carboxylic acids is 1. The summed E-state index contributed by atoms with van der Waals surface area (Å²) >= 11 is 0. The summed E-state index contributed by atoms with van der Waals surface area (Å²) in [6.07, 6.45) is 3.35. The van der Waals surface area contributed by atoms with Crippen LogP contribution in [0.1, 0.15) is 46.9 Å². The highest BCUT2D eigenvalue weighted by atomic mass is 16.5. The number of rotatable bonds is 5. The second-order valence-electron chi connectivity index (χ2n) is 5.50. The molecular formula is C16H21NO4. The molecule has 0 bridgehead atoms. The van der Waals surface area contributed by atoms with Gasteiger partial charge in [-0.05, 0) is 56.4 Å². The third kappa shape index (κ3) is 4.56. The smallest absolute Gasteiger partial charge is 0.335 e. The number of carboxylic acids is 1. The second-order valence-corrected chi connectivity index (χ2v) is 5.50. The lowest BCUT2D eigenvalue weighted by molar-refractivity contribution is 0.00109. The number of amides is 1.